The van der Waals surface area contributed by atoms with Gasteiger partial charge in [0.05, 0.1) is 17.6 Å². The van der Waals surface area contributed by atoms with Crippen LogP contribution in [0.15, 0.2) is 53.3 Å². The van der Waals surface area contributed by atoms with E-state index in [2.05, 4.69) is 10.3 Å². The van der Waals surface area contributed by atoms with Crippen molar-refractivity contribution in [2.75, 3.05) is 0 Å². The van der Waals surface area contributed by atoms with Crippen LogP contribution < -0.4 is 5.32 Å². The smallest absolute Gasteiger partial charge is 0.251 e. The number of carbonyl (C=O) groups excluding carboxylic acids is 1. The molecule has 5 nitrogen and oxygen atoms in total. The Morgan fingerprint density at radius 1 is 1.19 bits per heavy atom. The molecule has 1 aliphatic carbocycles. The number of aromatic nitrogens is 1. The number of hydrogen-bond donors (Lipinski definition) is 2. The molecule has 1 aromatic carbocycles. The fraction of sp³-hybridized carbons (Fsp3) is 0.364. The minimum atomic E-state index is -0.692. The van der Waals surface area contributed by atoms with Gasteiger partial charge in [-0.1, -0.05) is 12.1 Å². The van der Waals surface area contributed by atoms with Crippen molar-refractivity contribution < 1.29 is 14.3 Å². The van der Waals surface area contributed by atoms with Gasteiger partial charge >= 0.3 is 0 Å². The van der Waals surface area contributed by atoms with Crippen LogP contribution in [0.2, 0.25) is 0 Å². The van der Waals surface area contributed by atoms with Crippen LogP contribution in [-0.4, -0.2) is 27.6 Å². The zero-order valence-corrected chi connectivity index (χ0v) is 15.6. The standard InChI is InChI=1S/C22H24N2O3/c1-22(2,26)16-7-8-17(13-16)24-21(25)15-5-3-14(4-6-15)20-18-10-12-27-19(18)9-11-23-20/h3-6,9-12,16-17,26H,7-8,13H2,1-2H3,(H,24,25)/t16-,17-/m1/s1. The molecule has 2 N–H and O–H groups in total. The minimum Gasteiger partial charge on any atom is -0.464 e. The highest BCUT2D eigenvalue weighted by atomic mass is 16.3. The number of pyridine rings is 1. The zero-order chi connectivity index (χ0) is 19.0. The lowest BCUT2D eigenvalue weighted by Crippen LogP contribution is -2.35. The zero-order valence-electron chi connectivity index (χ0n) is 15.6. The van der Waals surface area contributed by atoms with E-state index in [0.29, 0.717) is 5.56 Å². The van der Waals surface area contributed by atoms with Crippen molar-refractivity contribution in [1.29, 1.82) is 0 Å². The lowest BCUT2D eigenvalue weighted by molar-refractivity contribution is 0.0190. The normalized spacial score (nSPS) is 20.1. The predicted octanol–water partition coefficient (Wildman–Crippen LogP) is 4.16. The molecule has 1 fully saturated rings. The summed E-state index contributed by atoms with van der Waals surface area (Å²) in [6, 6.07) is 11.3. The minimum absolute atomic E-state index is 0.0718. The monoisotopic (exact) mass is 364 g/mol. The highest BCUT2D eigenvalue weighted by Crippen LogP contribution is 2.34. The first kappa shape index (κ1) is 17.7. The number of benzene rings is 1. The maximum Gasteiger partial charge on any atom is 0.251 e. The summed E-state index contributed by atoms with van der Waals surface area (Å²) in [5.74, 6) is 0.157. The molecule has 3 aromatic rings. The summed E-state index contributed by atoms with van der Waals surface area (Å²) < 4.78 is 5.43. The third-order valence-corrected chi connectivity index (χ3v) is 5.57. The Kier molecular flexibility index (Phi) is 4.48. The van der Waals surface area contributed by atoms with Gasteiger partial charge in [0.15, 0.2) is 0 Å². The van der Waals surface area contributed by atoms with Gasteiger partial charge in [0.1, 0.15) is 5.58 Å². The highest BCUT2D eigenvalue weighted by molar-refractivity contribution is 5.96. The van der Waals surface area contributed by atoms with E-state index >= 15 is 0 Å². The van der Waals surface area contributed by atoms with E-state index in [0.717, 1.165) is 41.5 Å². The molecule has 5 heteroatoms. The molecule has 2 aromatic heterocycles. The Hall–Kier alpha value is -2.66. The molecule has 27 heavy (non-hydrogen) atoms. The molecule has 1 saturated carbocycles. The third-order valence-electron chi connectivity index (χ3n) is 5.57. The number of hydrogen-bond acceptors (Lipinski definition) is 4. The summed E-state index contributed by atoms with van der Waals surface area (Å²) in [7, 11) is 0. The van der Waals surface area contributed by atoms with E-state index in [1.54, 1.807) is 12.5 Å². The van der Waals surface area contributed by atoms with E-state index in [4.69, 9.17) is 4.42 Å². The number of rotatable bonds is 4. The van der Waals surface area contributed by atoms with E-state index < -0.39 is 5.60 Å². The number of nitrogens with zero attached hydrogens (tertiary/aromatic N) is 1. The van der Waals surface area contributed by atoms with Crippen LogP contribution in [-0.2, 0) is 0 Å². The SMILES string of the molecule is CC(C)(O)[C@@H]1CC[C@@H](NC(=O)c2ccc(-c3nccc4occc34)cc2)C1. The van der Waals surface area contributed by atoms with Crippen molar-refractivity contribution in [3.8, 4) is 11.3 Å². The molecule has 1 aliphatic rings. The first-order chi connectivity index (χ1) is 12.9. The lowest BCUT2D eigenvalue weighted by atomic mass is 9.89. The van der Waals surface area contributed by atoms with Gasteiger partial charge in [-0.25, -0.2) is 0 Å². The first-order valence-electron chi connectivity index (χ1n) is 9.38. The third kappa shape index (κ3) is 3.60. The molecule has 2 atom stereocenters. The van der Waals surface area contributed by atoms with E-state index in [1.165, 1.54) is 0 Å². The van der Waals surface area contributed by atoms with Crippen LogP contribution in [0, 0.1) is 5.92 Å². The van der Waals surface area contributed by atoms with Crippen LogP contribution >= 0.6 is 0 Å². The average molecular weight is 364 g/mol. The van der Waals surface area contributed by atoms with Crippen LogP contribution in [0.4, 0.5) is 0 Å². The number of aliphatic hydroxyl groups is 1. The topological polar surface area (TPSA) is 75.4 Å². The summed E-state index contributed by atoms with van der Waals surface area (Å²) >= 11 is 0. The van der Waals surface area contributed by atoms with Gasteiger partial charge in [0, 0.05) is 28.8 Å². The summed E-state index contributed by atoms with van der Waals surface area (Å²) in [4.78, 5) is 17.0. The van der Waals surface area contributed by atoms with Crippen LogP contribution in [0.3, 0.4) is 0 Å². The summed E-state index contributed by atoms with van der Waals surface area (Å²) in [6.45, 7) is 3.68. The predicted molar refractivity (Wildman–Crippen MR) is 104 cm³/mol. The molecular formula is C22H24N2O3. The Labute approximate surface area is 158 Å². The molecule has 0 spiro atoms. The molecule has 0 bridgehead atoms. The summed E-state index contributed by atoms with van der Waals surface area (Å²) in [6.07, 6.45) is 6.04. The molecule has 0 aliphatic heterocycles. The van der Waals surface area contributed by atoms with Crippen molar-refractivity contribution in [3.63, 3.8) is 0 Å². The van der Waals surface area contributed by atoms with Gasteiger partial charge < -0.3 is 14.8 Å². The Morgan fingerprint density at radius 2 is 1.96 bits per heavy atom. The molecular weight excluding hydrogens is 340 g/mol. The largest absolute Gasteiger partial charge is 0.464 e. The Balaban J connectivity index is 1.46. The highest BCUT2D eigenvalue weighted by Gasteiger charge is 2.35. The molecule has 2 heterocycles. The maximum atomic E-state index is 12.6. The van der Waals surface area contributed by atoms with Gasteiger partial charge in [-0.2, -0.15) is 0 Å². The van der Waals surface area contributed by atoms with Crippen LogP contribution in [0.25, 0.3) is 22.2 Å². The number of fused-ring (bicyclic) bond motifs is 1. The second-order valence-corrected chi connectivity index (χ2v) is 7.90. The maximum absolute atomic E-state index is 12.6. The van der Waals surface area contributed by atoms with Gasteiger partial charge in [0.25, 0.3) is 5.91 Å². The fourth-order valence-electron chi connectivity index (χ4n) is 3.93. The molecule has 0 saturated heterocycles. The van der Waals surface area contributed by atoms with Gasteiger partial charge in [0.2, 0.25) is 0 Å². The fourth-order valence-corrected chi connectivity index (χ4v) is 3.93. The lowest BCUT2D eigenvalue weighted by Gasteiger charge is -2.25. The molecule has 0 unspecified atom stereocenters. The molecule has 0 radical (unpaired) electrons. The number of carbonyl (C=O) groups is 1. The second-order valence-electron chi connectivity index (χ2n) is 7.90. The quantitative estimate of drug-likeness (QED) is 0.729. The second kappa shape index (κ2) is 6.82. The van der Waals surface area contributed by atoms with Gasteiger partial charge in [-0.15, -0.1) is 0 Å². The van der Waals surface area contributed by atoms with Crippen molar-refractivity contribution in [2.24, 2.45) is 5.92 Å². The van der Waals surface area contributed by atoms with Crippen LogP contribution in [0.1, 0.15) is 43.5 Å². The van der Waals surface area contributed by atoms with Crippen LogP contribution in [0.5, 0.6) is 0 Å². The number of nitrogens with one attached hydrogen (secondary N) is 1. The average Bonchev–Trinajstić information content (AvgIpc) is 3.30. The Morgan fingerprint density at radius 3 is 2.67 bits per heavy atom. The van der Waals surface area contributed by atoms with Gasteiger partial charge in [-0.3, -0.25) is 9.78 Å². The number of furan rings is 1. The van der Waals surface area contributed by atoms with E-state index in [-0.39, 0.29) is 17.9 Å². The first-order valence-corrected chi connectivity index (χ1v) is 9.38. The van der Waals surface area contributed by atoms with Crippen molar-refractivity contribution >= 4 is 16.9 Å². The Bertz CT molecular complexity index is 954. The van der Waals surface area contributed by atoms with E-state index in [1.807, 2.05) is 50.2 Å². The summed E-state index contributed by atoms with van der Waals surface area (Å²) in [5.41, 5.74) is 2.52. The number of amides is 1. The van der Waals surface area contributed by atoms with Crippen molar-refractivity contribution in [3.05, 3.63) is 54.4 Å². The van der Waals surface area contributed by atoms with Crippen molar-refractivity contribution in [1.82, 2.24) is 10.3 Å². The van der Waals surface area contributed by atoms with Crippen molar-refractivity contribution in [2.45, 2.75) is 44.8 Å². The summed E-state index contributed by atoms with van der Waals surface area (Å²) in [5, 5.41) is 14.2. The van der Waals surface area contributed by atoms with E-state index in [9.17, 15) is 9.90 Å². The molecule has 1 amide bonds. The molecule has 140 valence electrons. The molecule has 4 rings (SSSR count). The van der Waals surface area contributed by atoms with Gasteiger partial charge in [-0.05, 0) is 63.3 Å².